The molecule has 2 aromatic rings. The normalized spacial score (nSPS) is 12.1. The number of amides is 2. The van der Waals surface area contributed by atoms with Crippen LogP contribution in [0.15, 0.2) is 46.9 Å². The first-order valence-electron chi connectivity index (χ1n) is 9.56. The van der Waals surface area contributed by atoms with Gasteiger partial charge in [-0.3, -0.25) is 9.59 Å². The molecule has 1 unspecified atom stereocenters. The second kappa shape index (κ2) is 10.3. The van der Waals surface area contributed by atoms with E-state index in [0.717, 1.165) is 11.3 Å². The number of rotatable bonds is 9. The standard InChI is InChI=1S/C22H29ClN2O3/c1-16(2)12-25(22(27)18(4)23)15-21(26)24(13-19-8-6-5-7-9-19)14-20-11-10-17(3)28-20/h5-11,16,18H,12-15H2,1-4H3. The summed E-state index contributed by atoms with van der Waals surface area (Å²) in [5, 5.41) is -0.665. The van der Waals surface area contributed by atoms with Crippen molar-refractivity contribution < 1.29 is 14.0 Å². The third-order valence-electron chi connectivity index (χ3n) is 4.28. The molecule has 0 saturated carbocycles. The Balaban J connectivity index is 2.19. The van der Waals surface area contributed by atoms with Crippen LogP contribution in [0.3, 0.4) is 0 Å². The summed E-state index contributed by atoms with van der Waals surface area (Å²) >= 11 is 6.00. The molecular formula is C22H29ClN2O3. The third kappa shape index (κ3) is 6.71. The van der Waals surface area contributed by atoms with E-state index in [1.807, 2.05) is 63.2 Å². The molecule has 2 amide bonds. The zero-order valence-corrected chi connectivity index (χ0v) is 17.8. The van der Waals surface area contributed by atoms with Crippen molar-refractivity contribution in [3.63, 3.8) is 0 Å². The van der Waals surface area contributed by atoms with Gasteiger partial charge in [0, 0.05) is 13.1 Å². The molecule has 1 aromatic heterocycles. The SMILES string of the molecule is Cc1ccc(CN(Cc2ccccc2)C(=O)CN(CC(C)C)C(=O)C(C)Cl)o1. The Labute approximate surface area is 172 Å². The number of carbonyl (C=O) groups is 2. The van der Waals surface area contributed by atoms with Crippen LogP contribution in [0.5, 0.6) is 0 Å². The van der Waals surface area contributed by atoms with Gasteiger partial charge in [0.15, 0.2) is 0 Å². The average Bonchev–Trinajstić information content (AvgIpc) is 3.05. The van der Waals surface area contributed by atoms with Crippen LogP contribution in [-0.4, -0.2) is 40.1 Å². The van der Waals surface area contributed by atoms with Crippen LogP contribution in [0, 0.1) is 12.8 Å². The Kier molecular flexibility index (Phi) is 8.12. The summed E-state index contributed by atoms with van der Waals surface area (Å²) in [6.45, 7) is 8.81. The van der Waals surface area contributed by atoms with Crippen LogP contribution in [0.2, 0.25) is 0 Å². The highest BCUT2D eigenvalue weighted by Gasteiger charge is 2.25. The van der Waals surface area contributed by atoms with Crippen molar-refractivity contribution in [1.29, 1.82) is 0 Å². The highest BCUT2D eigenvalue weighted by atomic mass is 35.5. The molecular weight excluding hydrogens is 376 g/mol. The maximum absolute atomic E-state index is 13.1. The minimum atomic E-state index is -0.665. The van der Waals surface area contributed by atoms with Gasteiger partial charge in [0.2, 0.25) is 11.8 Å². The molecule has 0 saturated heterocycles. The van der Waals surface area contributed by atoms with Gasteiger partial charge in [-0.15, -0.1) is 11.6 Å². The molecule has 0 aliphatic carbocycles. The highest BCUT2D eigenvalue weighted by Crippen LogP contribution is 2.15. The van der Waals surface area contributed by atoms with E-state index >= 15 is 0 Å². The Morgan fingerprint density at radius 1 is 1.00 bits per heavy atom. The number of hydrogen-bond acceptors (Lipinski definition) is 3. The lowest BCUT2D eigenvalue weighted by Crippen LogP contribution is -2.45. The van der Waals surface area contributed by atoms with E-state index in [1.54, 1.807) is 16.7 Å². The fourth-order valence-electron chi connectivity index (χ4n) is 2.98. The number of hydrogen-bond donors (Lipinski definition) is 0. The molecule has 1 aromatic carbocycles. The molecule has 0 radical (unpaired) electrons. The minimum Gasteiger partial charge on any atom is -0.464 e. The summed E-state index contributed by atoms with van der Waals surface area (Å²) in [6, 6.07) is 13.5. The van der Waals surface area contributed by atoms with Crippen molar-refractivity contribution >= 4 is 23.4 Å². The molecule has 5 nitrogen and oxygen atoms in total. The summed E-state index contributed by atoms with van der Waals surface area (Å²) < 4.78 is 5.66. The van der Waals surface area contributed by atoms with Crippen molar-refractivity contribution in [2.24, 2.45) is 5.92 Å². The average molecular weight is 405 g/mol. The predicted molar refractivity (Wildman–Crippen MR) is 111 cm³/mol. The number of carbonyl (C=O) groups excluding carboxylic acids is 2. The zero-order chi connectivity index (χ0) is 20.7. The van der Waals surface area contributed by atoms with Gasteiger partial charge in [0.25, 0.3) is 0 Å². The Morgan fingerprint density at radius 2 is 1.68 bits per heavy atom. The smallest absolute Gasteiger partial charge is 0.242 e. The van der Waals surface area contributed by atoms with Crippen LogP contribution in [0.1, 0.15) is 37.9 Å². The first kappa shape index (κ1) is 22.0. The molecule has 0 spiro atoms. The van der Waals surface area contributed by atoms with Crippen LogP contribution in [0.25, 0.3) is 0 Å². The molecule has 0 bridgehead atoms. The molecule has 0 aliphatic heterocycles. The van der Waals surface area contributed by atoms with Crippen molar-refractivity contribution in [1.82, 2.24) is 9.80 Å². The molecule has 0 N–H and O–H groups in total. The monoisotopic (exact) mass is 404 g/mol. The van der Waals surface area contributed by atoms with Crippen LogP contribution in [-0.2, 0) is 22.7 Å². The highest BCUT2D eigenvalue weighted by molar-refractivity contribution is 6.30. The lowest BCUT2D eigenvalue weighted by atomic mass is 10.2. The predicted octanol–water partition coefficient (Wildman–Crippen LogP) is 4.23. The zero-order valence-electron chi connectivity index (χ0n) is 17.0. The van der Waals surface area contributed by atoms with Crippen molar-refractivity contribution in [3.8, 4) is 0 Å². The number of benzene rings is 1. The number of aryl methyl sites for hydroxylation is 1. The van der Waals surface area contributed by atoms with E-state index in [-0.39, 0.29) is 24.3 Å². The first-order chi connectivity index (χ1) is 13.3. The maximum atomic E-state index is 13.1. The fraction of sp³-hybridized carbons (Fsp3) is 0.455. The molecule has 6 heteroatoms. The van der Waals surface area contributed by atoms with Gasteiger partial charge >= 0.3 is 0 Å². The second-order valence-corrected chi connectivity index (χ2v) is 8.13. The second-order valence-electron chi connectivity index (χ2n) is 7.48. The Morgan fingerprint density at radius 3 is 2.21 bits per heavy atom. The summed E-state index contributed by atoms with van der Waals surface area (Å²) in [5.74, 6) is 1.40. The topological polar surface area (TPSA) is 53.8 Å². The molecule has 0 fully saturated rings. The van der Waals surface area contributed by atoms with E-state index < -0.39 is 5.38 Å². The van der Waals surface area contributed by atoms with Crippen molar-refractivity contribution in [2.45, 2.75) is 46.2 Å². The maximum Gasteiger partial charge on any atom is 0.242 e. The van der Waals surface area contributed by atoms with Crippen LogP contribution >= 0.6 is 11.6 Å². The molecule has 1 atom stereocenters. The number of nitrogens with zero attached hydrogens (tertiary/aromatic N) is 2. The van der Waals surface area contributed by atoms with Gasteiger partial charge in [-0.2, -0.15) is 0 Å². The molecule has 152 valence electrons. The number of furan rings is 1. The van der Waals surface area contributed by atoms with E-state index in [4.69, 9.17) is 16.0 Å². The van der Waals surface area contributed by atoms with Gasteiger partial charge in [0.05, 0.1) is 13.1 Å². The van der Waals surface area contributed by atoms with Gasteiger partial charge in [-0.25, -0.2) is 0 Å². The largest absolute Gasteiger partial charge is 0.464 e. The summed E-state index contributed by atoms with van der Waals surface area (Å²) in [6.07, 6.45) is 0. The minimum absolute atomic E-state index is 0.000593. The summed E-state index contributed by atoms with van der Waals surface area (Å²) in [4.78, 5) is 28.9. The van der Waals surface area contributed by atoms with E-state index in [0.29, 0.717) is 25.4 Å². The van der Waals surface area contributed by atoms with Gasteiger partial charge in [-0.1, -0.05) is 44.2 Å². The van der Waals surface area contributed by atoms with Crippen molar-refractivity contribution in [2.75, 3.05) is 13.1 Å². The van der Waals surface area contributed by atoms with Crippen LogP contribution < -0.4 is 0 Å². The quantitative estimate of drug-likeness (QED) is 0.588. The fourth-order valence-corrected chi connectivity index (χ4v) is 3.12. The molecule has 0 aliphatic rings. The van der Waals surface area contributed by atoms with Gasteiger partial charge < -0.3 is 14.2 Å². The molecule has 2 rings (SSSR count). The summed E-state index contributed by atoms with van der Waals surface area (Å²) in [7, 11) is 0. The van der Waals surface area contributed by atoms with E-state index in [2.05, 4.69) is 0 Å². The molecule has 1 heterocycles. The number of halogens is 1. The third-order valence-corrected chi connectivity index (χ3v) is 4.46. The summed E-state index contributed by atoms with van der Waals surface area (Å²) in [5.41, 5.74) is 1.02. The van der Waals surface area contributed by atoms with E-state index in [1.165, 1.54) is 0 Å². The lowest BCUT2D eigenvalue weighted by Gasteiger charge is -2.29. The lowest BCUT2D eigenvalue weighted by molar-refractivity contribution is -0.141. The van der Waals surface area contributed by atoms with Gasteiger partial charge in [0.1, 0.15) is 16.9 Å². The van der Waals surface area contributed by atoms with Gasteiger partial charge in [-0.05, 0) is 37.5 Å². The Hall–Kier alpha value is -2.27. The van der Waals surface area contributed by atoms with E-state index in [9.17, 15) is 9.59 Å². The Bertz CT molecular complexity index is 771. The van der Waals surface area contributed by atoms with Crippen LogP contribution in [0.4, 0.5) is 0 Å². The first-order valence-corrected chi connectivity index (χ1v) is 9.99. The molecule has 28 heavy (non-hydrogen) atoms. The number of alkyl halides is 1. The van der Waals surface area contributed by atoms with Crippen molar-refractivity contribution in [3.05, 3.63) is 59.5 Å².